The number of carbonyl (C=O) groups excluding carboxylic acids is 16. The van der Waals surface area contributed by atoms with E-state index in [2.05, 4.69) is 73.4 Å². The number of H-pyrrole nitrogens is 3. The van der Waals surface area contributed by atoms with Crippen molar-refractivity contribution in [3.63, 3.8) is 0 Å². The molecular formula is C88H102N20O20. The van der Waals surface area contributed by atoms with Gasteiger partial charge in [-0.2, -0.15) is 0 Å². The van der Waals surface area contributed by atoms with Crippen molar-refractivity contribution in [3.8, 4) is 11.5 Å². The molecule has 128 heavy (non-hydrogen) atoms. The van der Waals surface area contributed by atoms with Gasteiger partial charge in [-0.15, -0.1) is 0 Å². The van der Waals surface area contributed by atoms with Gasteiger partial charge in [-0.05, 0) is 101 Å². The lowest BCUT2D eigenvalue weighted by Crippen LogP contribution is -2.62. The first-order valence-corrected chi connectivity index (χ1v) is 41.0. The Labute approximate surface area is 731 Å². The monoisotopic (exact) mass is 1760 g/mol. The van der Waals surface area contributed by atoms with Gasteiger partial charge in [0.1, 0.15) is 78.0 Å². The zero-order valence-corrected chi connectivity index (χ0v) is 69.7. The van der Waals surface area contributed by atoms with Gasteiger partial charge in [0.05, 0.1) is 38.3 Å². The number of likely N-dealkylation sites (tertiary alicyclic amines) is 1. The normalized spacial score (nSPS) is 15.0. The molecule has 6 aromatic carbocycles. The van der Waals surface area contributed by atoms with E-state index in [9.17, 15) is 92.0 Å². The quantitative estimate of drug-likeness (QED) is 0.0193. The second-order valence-electron chi connectivity index (χ2n) is 31.5. The SMILES string of the molecule is CC(C)[C@H](NC(=O)[C@H](CC(N)=O)NC(=O)[C@H](Cc1c[nH]c2ccccc12)NC(=O)[C@@H](N)Cc1ccccc1)C(=O)N[C@@H](CC(N)=O)C(=O)N[C@@H](Cc1ccc(O)cc1)C(=O)N[C@@H](CC(N)=O)C(=O)N1CCC[C@H]1C(=O)N[C@@H](Cc1c[nH]c2ccccc12)C(=O)NCC(=O)N[C@@H](Cc1c[nH]c2ccccc12)C(=O)N[C@@H](CC(N)=O)C(=O)N[C@@H](Cc1ccc(O)cc1)C(=O)O. The number of aromatic nitrogens is 3. The maximum Gasteiger partial charge on any atom is 0.326 e. The lowest BCUT2D eigenvalue weighted by Gasteiger charge is -2.31. The van der Waals surface area contributed by atoms with E-state index in [-0.39, 0.29) is 68.6 Å². The zero-order chi connectivity index (χ0) is 92.6. The van der Waals surface area contributed by atoms with Gasteiger partial charge >= 0.3 is 5.97 Å². The largest absolute Gasteiger partial charge is 0.508 e. The molecule has 0 unspecified atom stereocenters. The molecule has 1 aliphatic rings. The van der Waals surface area contributed by atoms with E-state index in [0.29, 0.717) is 55.0 Å². The highest BCUT2D eigenvalue weighted by molar-refractivity contribution is 6.03. The summed E-state index contributed by atoms with van der Waals surface area (Å²) in [4.78, 5) is 248. The van der Waals surface area contributed by atoms with Crippen LogP contribution in [0.4, 0.5) is 0 Å². The average molecular weight is 1760 g/mol. The topological polar surface area (TPSA) is 664 Å². The lowest BCUT2D eigenvalue weighted by molar-refractivity contribution is -0.143. The Hall–Kier alpha value is -15.5. The number of carboxylic acids is 1. The van der Waals surface area contributed by atoms with Crippen LogP contribution in [0.2, 0.25) is 0 Å². The first-order valence-electron chi connectivity index (χ1n) is 41.0. The molecule has 10 rings (SSSR count). The Morgan fingerprint density at radius 3 is 1.18 bits per heavy atom. The number of carboxylic acid groups (broad SMARTS) is 1. The number of hydrogen-bond acceptors (Lipinski definition) is 20. The minimum Gasteiger partial charge on any atom is -0.508 e. The van der Waals surface area contributed by atoms with Gasteiger partial charge in [-0.25, -0.2) is 4.79 Å². The molecule has 1 fully saturated rings. The van der Waals surface area contributed by atoms with Crippen LogP contribution < -0.4 is 87.2 Å². The number of phenols is 2. The predicted molar refractivity (Wildman–Crippen MR) is 463 cm³/mol. The fourth-order valence-corrected chi connectivity index (χ4v) is 14.9. The van der Waals surface area contributed by atoms with E-state index in [1.165, 1.54) is 62.4 Å². The summed E-state index contributed by atoms with van der Waals surface area (Å²) in [6.07, 6.45) is -0.144. The number of nitrogens with two attached hydrogens (primary N) is 5. The summed E-state index contributed by atoms with van der Waals surface area (Å²) in [6.45, 7) is 1.87. The van der Waals surface area contributed by atoms with Crippen molar-refractivity contribution in [2.24, 2.45) is 34.6 Å². The fraction of sp³-hybridized carbons (Fsp3) is 0.330. The number of aliphatic carboxylic acids is 1. The molecule has 27 N–H and O–H groups in total. The summed E-state index contributed by atoms with van der Waals surface area (Å²) in [6, 6.07) is 20.7. The van der Waals surface area contributed by atoms with Gasteiger partial charge in [0.2, 0.25) is 94.5 Å². The summed E-state index contributed by atoms with van der Waals surface area (Å²) in [5.41, 5.74) is 33.8. The third-order valence-corrected chi connectivity index (χ3v) is 21.5. The van der Waals surface area contributed by atoms with Crippen molar-refractivity contribution in [1.29, 1.82) is 0 Å². The van der Waals surface area contributed by atoms with Crippen LogP contribution in [0.15, 0.2) is 170 Å². The number of nitrogens with one attached hydrogen (secondary N) is 14. The third kappa shape index (κ3) is 26.5. The molecule has 1 saturated heterocycles. The minimum absolute atomic E-state index is 0.0701. The number of phenolic OH excluding ortho intramolecular Hbond substituents is 2. The van der Waals surface area contributed by atoms with Gasteiger partial charge in [0, 0.05) is 89.9 Å². The van der Waals surface area contributed by atoms with E-state index in [4.69, 9.17) is 28.7 Å². The van der Waals surface area contributed by atoms with Gasteiger partial charge in [0.15, 0.2) is 0 Å². The maximum atomic E-state index is 15.1. The molecule has 4 heterocycles. The van der Waals surface area contributed by atoms with Crippen LogP contribution >= 0.6 is 0 Å². The molecule has 0 aliphatic carbocycles. The van der Waals surface area contributed by atoms with Crippen molar-refractivity contribution < 1.29 is 96.8 Å². The molecule has 40 heteroatoms. The Bertz CT molecular complexity index is 5600. The lowest BCUT2D eigenvalue weighted by atomic mass is 10.00. The third-order valence-electron chi connectivity index (χ3n) is 21.5. The number of nitrogens with zero attached hydrogens (tertiary/aromatic N) is 1. The van der Waals surface area contributed by atoms with E-state index in [1.54, 1.807) is 122 Å². The summed E-state index contributed by atoms with van der Waals surface area (Å²) >= 11 is 0. The first kappa shape index (κ1) is 94.7. The highest BCUT2D eigenvalue weighted by Gasteiger charge is 2.43. The number of primary amides is 4. The second-order valence-corrected chi connectivity index (χ2v) is 31.5. The van der Waals surface area contributed by atoms with Crippen LogP contribution in [0.1, 0.15) is 85.8 Å². The molecule has 3 aromatic heterocycles. The number of hydrogen-bond donors (Lipinski definition) is 22. The number of aromatic amines is 3. The number of rotatable bonds is 45. The van der Waals surface area contributed by atoms with E-state index in [0.717, 1.165) is 10.5 Å². The predicted octanol–water partition coefficient (Wildman–Crippen LogP) is -2.18. The Balaban J connectivity index is 0.834. The Kier molecular flexibility index (Phi) is 32.7. The van der Waals surface area contributed by atoms with Crippen molar-refractivity contribution in [2.45, 2.75) is 163 Å². The molecule has 0 saturated carbocycles. The molecule has 9 aromatic rings. The molecule has 12 atom stereocenters. The van der Waals surface area contributed by atoms with Gasteiger partial charge in [-0.3, -0.25) is 76.7 Å². The Morgan fingerprint density at radius 1 is 0.383 bits per heavy atom. The van der Waals surface area contributed by atoms with Gasteiger partial charge in [-0.1, -0.05) is 123 Å². The van der Waals surface area contributed by atoms with Crippen LogP contribution in [0.3, 0.4) is 0 Å². The molecule has 40 nitrogen and oxygen atoms in total. The molecule has 0 bridgehead atoms. The van der Waals surface area contributed by atoms with E-state index in [1.807, 2.05) is 0 Å². The number of para-hydroxylation sites is 3. The highest BCUT2D eigenvalue weighted by atomic mass is 16.4. The molecule has 0 spiro atoms. The van der Waals surface area contributed by atoms with Crippen molar-refractivity contribution in [3.05, 3.63) is 204 Å². The number of carbonyl (C=O) groups is 17. The number of aromatic hydroxyl groups is 2. The van der Waals surface area contributed by atoms with E-state index >= 15 is 4.79 Å². The van der Waals surface area contributed by atoms with E-state index < -0.39 is 218 Å². The summed E-state index contributed by atoms with van der Waals surface area (Å²) in [7, 11) is 0. The van der Waals surface area contributed by atoms with Crippen LogP contribution in [0.25, 0.3) is 32.7 Å². The summed E-state index contributed by atoms with van der Waals surface area (Å²) in [5.74, 6) is -19.8. The van der Waals surface area contributed by atoms with Crippen LogP contribution in [0.5, 0.6) is 11.5 Å². The smallest absolute Gasteiger partial charge is 0.326 e. The van der Waals surface area contributed by atoms with Crippen molar-refractivity contribution >= 4 is 133 Å². The maximum absolute atomic E-state index is 15.1. The second kappa shape index (κ2) is 44.2. The molecule has 16 amide bonds. The van der Waals surface area contributed by atoms with Crippen molar-refractivity contribution in [1.82, 2.24) is 78.3 Å². The van der Waals surface area contributed by atoms with Gasteiger partial charge < -0.3 is 122 Å². The Morgan fingerprint density at radius 2 is 0.734 bits per heavy atom. The number of benzene rings is 6. The zero-order valence-electron chi connectivity index (χ0n) is 69.7. The first-order chi connectivity index (χ1) is 61.0. The number of amides is 16. The number of fused-ring (bicyclic) bond motifs is 3. The molecular weight excluding hydrogens is 1660 g/mol. The average Bonchev–Trinajstić information content (AvgIpc) is 1.63. The summed E-state index contributed by atoms with van der Waals surface area (Å²) < 4.78 is 0. The molecule has 1 aliphatic heterocycles. The van der Waals surface area contributed by atoms with Crippen LogP contribution in [0, 0.1) is 5.92 Å². The fourth-order valence-electron chi connectivity index (χ4n) is 14.9. The standard InChI is InChI=1S/C88H102N20O20/c1-45(2)76(107-84(123)67(39-73(92)113)102-81(120)64(36-51-43-96-60-20-11-8-17-56(51)60)99-77(116)57(89)31-46-13-4-3-5-14-46)86(125)104-66(38-72(91)112)82(121)100-61(32-47-22-26-52(109)27-23-47)79(118)105-68(40-74(93)114)87(126)108-30-12-21-70(108)85(124)103-62(34-49-41-94-58-18-9-6-15-54(49)58)78(117)97-44-75(115)98-63(35-50-42-95-59-19-10-7-16-55(50)59)80(119)101-65(37-71(90)111)83(122)106-69(88(127)128)33-48-24-28-53(110)29-25-48/h3-11,13-20,22-29,41-43,45,57,61-70,76,94-96,109-110H,12,21,30-40,44,89H2,1-2H3,(H2,90,111)(H2,91,112)(H2,92,113)(H2,93,114)(H,97,117)(H,98,115)(H,99,116)(H,100,121)(H,101,119)(H,102,120)(H,103,124)(H,104,125)(H,105,118)(H,106,122)(H,107,123)(H,127,128)/t57-,61-,62-,63-,64-,65-,66-,67-,68-,69-,70-,76-/m0/s1. The molecule has 0 radical (unpaired) electrons. The minimum atomic E-state index is -1.97. The molecule has 674 valence electrons. The van der Waals surface area contributed by atoms with Crippen LogP contribution in [-0.4, -0.2) is 221 Å². The van der Waals surface area contributed by atoms with Crippen LogP contribution in [-0.2, 0) is 120 Å². The van der Waals surface area contributed by atoms with Gasteiger partial charge in [0.25, 0.3) is 0 Å². The summed E-state index contributed by atoms with van der Waals surface area (Å²) in [5, 5.41) is 59.5. The van der Waals surface area contributed by atoms with Crippen molar-refractivity contribution in [2.75, 3.05) is 13.1 Å². The highest BCUT2D eigenvalue weighted by Crippen LogP contribution is 2.26.